The third-order valence-corrected chi connectivity index (χ3v) is 4.98. The monoisotopic (exact) mass is 313 g/mol. The summed E-state index contributed by atoms with van der Waals surface area (Å²) in [5.41, 5.74) is 3.33. The second-order valence-electron chi connectivity index (χ2n) is 4.65. The van der Waals surface area contributed by atoms with Crippen molar-refractivity contribution in [1.82, 2.24) is 14.9 Å². The minimum absolute atomic E-state index is 0.159. The molecule has 0 saturated heterocycles. The maximum absolute atomic E-state index is 12.2. The van der Waals surface area contributed by atoms with Gasteiger partial charge in [0, 0.05) is 22.8 Å². The van der Waals surface area contributed by atoms with Crippen LogP contribution in [-0.2, 0) is 16.6 Å². The molecule has 2 N–H and O–H groups in total. The van der Waals surface area contributed by atoms with Crippen molar-refractivity contribution in [2.24, 2.45) is 0 Å². The first kappa shape index (κ1) is 15.0. The van der Waals surface area contributed by atoms with Crippen molar-refractivity contribution in [3.63, 3.8) is 0 Å². The zero-order valence-electron chi connectivity index (χ0n) is 11.5. The van der Waals surface area contributed by atoms with E-state index in [9.17, 15) is 8.42 Å². The minimum atomic E-state index is -3.59. The maximum atomic E-state index is 12.2. The van der Waals surface area contributed by atoms with Crippen LogP contribution in [0.25, 0.3) is 0 Å². The first-order valence-electron chi connectivity index (χ1n) is 6.07. The Morgan fingerprint density at radius 1 is 1.30 bits per heavy atom. The van der Waals surface area contributed by atoms with Gasteiger partial charge in [0.25, 0.3) is 0 Å². The molecule has 20 heavy (non-hydrogen) atoms. The second-order valence-corrected chi connectivity index (χ2v) is 6.82. The number of hydrogen-bond acceptors (Lipinski definition) is 3. The molecule has 0 atom stereocenters. The summed E-state index contributed by atoms with van der Waals surface area (Å²) in [5.74, 6) is 0. The lowest BCUT2D eigenvalue weighted by molar-refractivity contribution is 0.581. The molecule has 0 radical (unpaired) electrons. The molecule has 0 saturated carbocycles. The van der Waals surface area contributed by atoms with Gasteiger partial charge >= 0.3 is 0 Å². The Bertz CT molecular complexity index is 719. The van der Waals surface area contributed by atoms with Gasteiger partial charge in [0.1, 0.15) is 0 Å². The zero-order valence-corrected chi connectivity index (χ0v) is 13.1. The lowest BCUT2D eigenvalue weighted by Gasteiger charge is -2.08. The number of H-pyrrole nitrogens is 1. The Morgan fingerprint density at radius 3 is 2.55 bits per heavy atom. The summed E-state index contributed by atoms with van der Waals surface area (Å²) in [6, 6.07) is 4.68. The molecule has 2 aromatic rings. The number of hydrogen-bond donors (Lipinski definition) is 2. The molecule has 0 fully saturated rings. The van der Waals surface area contributed by atoms with Crippen molar-refractivity contribution in [3.05, 3.63) is 45.7 Å². The summed E-state index contributed by atoms with van der Waals surface area (Å²) in [5, 5.41) is 7.29. The fraction of sp³-hybridized carbons (Fsp3) is 0.308. The zero-order chi connectivity index (χ0) is 14.9. The van der Waals surface area contributed by atoms with Crippen molar-refractivity contribution in [1.29, 1.82) is 0 Å². The quantitative estimate of drug-likeness (QED) is 0.910. The number of benzene rings is 1. The molecular formula is C13H16ClN3O2S. The van der Waals surface area contributed by atoms with Crippen LogP contribution < -0.4 is 4.72 Å². The largest absolute Gasteiger partial charge is 0.282 e. The van der Waals surface area contributed by atoms with Crippen molar-refractivity contribution < 1.29 is 8.42 Å². The summed E-state index contributed by atoms with van der Waals surface area (Å²) < 4.78 is 27.0. The fourth-order valence-electron chi connectivity index (χ4n) is 1.83. The van der Waals surface area contributed by atoms with E-state index < -0.39 is 10.0 Å². The van der Waals surface area contributed by atoms with Gasteiger partial charge in [-0.25, -0.2) is 13.1 Å². The van der Waals surface area contributed by atoms with Crippen molar-refractivity contribution in [2.45, 2.75) is 32.2 Å². The molecule has 108 valence electrons. The minimum Gasteiger partial charge on any atom is -0.282 e. The highest BCUT2D eigenvalue weighted by molar-refractivity contribution is 7.89. The first-order valence-corrected chi connectivity index (χ1v) is 7.93. The van der Waals surface area contributed by atoms with Crippen molar-refractivity contribution in [3.8, 4) is 0 Å². The Labute approximate surface area is 123 Å². The highest BCUT2D eigenvalue weighted by atomic mass is 35.5. The molecular weight excluding hydrogens is 298 g/mol. The Balaban J connectivity index is 2.21. The van der Waals surface area contributed by atoms with Crippen LogP contribution in [0, 0.1) is 20.8 Å². The average Bonchev–Trinajstić information content (AvgIpc) is 2.70. The molecule has 0 bridgehead atoms. The van der Waals surface area contributed by atoms with E-state index in [2.05, 4.69) is 14.9 Å². The normalized spacial score (nSPS) is 11.8. The lowest BCUT2D eigenvalue weighted by Crippen LogP contribution is -2.23. The predicted octanol–water partition coefficient (Wildman–Crippen LogP) is 2.47. The Hall–Kier alpha value is -1.37. The van der Waals surface area contributed by atoms with E-state index in [0.29, 0.717) is 5.02 Å². The maximum Gasteiger partial charge on any atom is 0.240 e. The summed E-state index contributed by atoms with van der Waals surface area (Å²) >= 11 is 5.96. The van der Waals surface area contributed by atoms with Gasteiger partial charge in [0.15, 0.2) is 0 Å². The van der Waals surface area contributed by atoms with E-state index in [1.165, 1.54) is 6.07 Å². The van der Waals surface area contributed by atoms with Crippen LogP contribution >= 0.6 is 11.6 Å². The van der Waals surface area contributed by atoms with Gasteiger partial charge in [-0.05, 0) is 38.5 Å². The number of nitrogens with zero attached hydrogens (tertiary/aromatic N) is 1. The molecule has 5 nitrogen and oxygen atoms in total. The molecule has 1 aromatic carbocycles. The molecule has 1 heterocycles. The van der Waals surface area contributed by atoms with E-state index in [-0.39, 0.29) is 11.4 Å². The smallest absolute Gasteiger partial charge is 0.240 e. The number of aromatic nitrogens is 2. The third-order valence-electron chi connectivity index (χ3n) is 3.17. The molecule has 2 rings (SSSR count). The standard InChI is InChI=1S/C13H16ClN3O2S/c1-8-4-5-11(6-13(8)14)20(18,19)15-7-12-9(2)16-17-10(12)3/h4-6,15H,7H2,1-3H3,(H,16,17). The van der Waals surface area contributed by atoms with E-state index in [0.717, 1.165) is 22.5 Å². The van der Waals surface area contributed by atoms with E-state index in [1.807, 2.05) is 20.8 Å². The molecule has 0 aliphatic rings. The highest BCUT2D eigenvalue weighted by Gasteiger charge is 2.16. The summed E-state index contributed by atoms with van der Waals surface area (Å²) in [6.07, 6.45) is 0. The van der Waals surface area contributed by atoms with Gasteiger partial charge < -0.3 is 0 Å². The number of halogens is 1. The van der Waals surface area contributed by atoms with Crippen LogP contribution in [0.5, 0.6) is 0 Å². The van der Waals surface area contributed by atoms with Gasteiger partial charge in [0.2, 0.25) is 10.0 Å². The van der Waals surface area contributed by atoms with Gasteiger partial charge in [-0.3, -0.25) is 5.10 Å². The molecule has 0 amide bonds. The summed E-state index contributed by atoms with van der Waals surface area (Å²) in [7, 11) is -3.59. The molecule has 7 heteroatoms. The SMILES string of the molecule is Cc1ccc(S(=O)(=O)NCc2c(C)n[nH]c2C)cc1Cl. The number of rotatable bonds is 4. The number of sulfonamides is 1. The molecule has 0 unspecified atom stereocenters. The fourth-order valence-corrected chi connectivity index (χ4v) is 3.09. The van der Waals surface area contributed by atoms with Crippen molar-refractivity contribution in [2.75, 3.05) is 0 Å². The number of aryl methyl sites for hydroxylation is 3. The Morgan fingerprint density at radius 2 is 2.00 bits per heavy atom. The van der Waals surface area contributed by atoms with Crippen molar-refractivity contribution >= 4 is 21.6 Å². The van der Waals surface area contributed by atoms with E-state index in [4.69, 9.17) is 11.6 Å². The van der Waals surface area contributed by atoms with E-state index >= 15 is 0 Å². The topological polar surface area (TPSA) is 74.8 Å². The number of aromatic amines is 1. The third kappa shape index (κ3) is 3.03. The van der Waals surface area contributed by atoms with Crippen LogP contribution in [0.4, 0.5) is 0 Å². The van der Waals surface area contributed by atoms with Gasteiger partial charge in [-0.15, -0.1) is 0 Å². The van der Waals surface area contributed by atoms with Gasteiger partial charge in [-0.1, -0.05) is 17.7 Å². The van der Waals surface area contributed by atoms with Gasteiger partial charge in [0.05, 0.1) is 10.6 Å². The van der Waals surface area contributed by atoms with E-state index in [1.54, 1.807) is 12.1 Å². The average molecular weight is 314 g/mol. The summed E-state index contributed by atoms with van der Waals surface area (Å²) in [4.78, 5) is 0.159. The lowest BCUT2D eigenvalue weighted by atomic mass is 10.2. The van der Waals surface area contributed by atoms with Crippen LogP contribution in [0.1, 0.15) is 22.5 Å². The highest BCUT2D eigenvalue weighted by Crippen LogP contribution is 2.20. The molecule has 1 aromatic heterocycles. The molecule has 0 aliphatic heterocycles. The Kier molecular flexibility index (Phi) is 4.17. The van der Waals surface area contributed by atoms with Crippen LogP contribution in [0.15, 0.2) is 23.1 Å². The van der Waals surface area contributed by atoms with Crippen LogP contribution in [-0.4, -0.2) is 18.6 Å². The number of nitrogens with one attached hydrogen (secondary N) is 2. The van der Waals surface area contributed by atoms with Gasteiger partial charge in [-0.2, -0.15) is 5.10 Å². The summed E-state index contributed by atoms with van der Waals surface area (Å²) in [6.45, 7) is 5.70. The first-order chi connectivity index (χ1) is 9.31. The van der Waals surface area contributed by atoms with Crippen LogP contribution in [0.2, 0.25) is 5.02 Å². The molecule has 0 spiro atoms. The predicted molar refractivity (Wildman–Crippen MR) is 78.3 cm³/mol. The molecule has 0 aliphatic carbocycles. The van der Waals surface area contributed by atoms with Crippen LogP contribution in [0.3, 0.4) is 0 Å². The second kappa shape index (κ2) is 5.55.